The van der Waals surface area contributed by atoms with Crippen LogP contribution in [0.25, 0.3) is 0 Å². The Kier molecular flexibility index (Phi) is 4.99. The smallest absolute Gasteiger partial charge is 0.252 e. The van der Waals surface area contributed by atoms with E-state index in [-0.39, 0.29) is 5.91 Å². The number of nitrogens with one attached hydrogen (secondary N) is 1. The second kappa shape index (κ2) is 7.53. The second-order valence-corrected chi connectivity index (χ2v) is 5.73. The van der Waals surface area contributed by atoms with Gasteiger partial charge in [-0.1, -0.05) is 18.2 Å². The van der Waals surface area contributed by atoms with Crippen LogP contribution in [-0.4, -0.2) is 22.6 Å². The Bertz CT molecular complexity index is 954. The van der Waals surface area contributed by atoms with Crippen LogP contribution in [0.4, 0.5) is 0 Å². The molecule has 0 radical (unpaired) electrons. The summed E-state index contributed by atoms with van der Waals surface area (Å²) in [6.45, 7) is 0. The number of para-hydroxylation sites is 1. The lowest BCUT2D eigenvalue weighted by molar-refractivity contribution is 0.0941. The first-order valence-corrected chi connectivity index (χ1v) is 8.05. The zero-order valence-corrected chi connectivity index (χ0v) is 14.5. The Morgan fingerprint density at radius 3 is 2.58 bits per heavy atom. The fourth-order valence-electron chi connectivity index (χ4n) is 2.75. The molecular weight excluding hydrogens is 328 g/mol. The largest absolute Gasteiger partial charge is 0.496 e. The molecule has 26 heavy (non-hydrogen) atoms. The van der Waals surface area contributed by atoms with E-state index in [0.717, 1.165) is 5.56 Å². The van der Waals surface area contributed by atoms with E-state index < -0.39 is 6.04 Å². The van der Waals surface area contributed by atoms with Gasteiger partial charge in [-0.25, -0.2) is 4.98 Å². The van der Waals surface area contributed by atoms with Gasteiger partial charge in [-0.15, -0.1) is 0 Å². The van der Waals surface area contributed by atoms with Crippen LogP contribution in [0.2, 0.25) is 0 Å². The first-order valence-electron chi connectivity index (χ1n) is 8.05. The van der Waals surface area contributed by atoms with E-state index in [4.69, 9.17) is 10.00 Å². The number of nitriles is 1. The lowest BCUT2D eigenvalue weighted by Gasteiger charge is -2.21. The molecule has 130 valence electrons. The van der Waals surface area contributed by atoms with Crippen LogP contribution < -0.4 is 10.1 Å². The van der Waals surface area contributed by atoms with Crippen LogP contribution in [0, 0.1) is 11.3 Å². The number of amides is 1. The highest BCUT2D eigenvalue weighted by atomic mass is 16.5. The minimum absolute atomic E-state index is 0.256. The van der Waals surface area contributed by atoms with Gasteiger partial charge in [0.2, 0.25) is 0 Å². The Morgan fingerprint density at radius 1 is 1.23 bits per heavy atom. The van der Waals surface area contributed by atoms with Crippen LogP contribution in [0.5, 0.6) is 5.75 Å². The molecule has 0 bridgehead atoms. The van der Waals surface area contributed by atoms with Crippen molar-refractivity contribution in [3.8, 4) is 11.8 Å². The molecule has 1 atom stereocenters. The van der Waals surface area contributed by atoms with Crippen molar-refractivity contribution < 1.29 is 9.53 Å². The minimum atomic E-state index is -0.478. The van der Waals surface area contributed by atoms with Crippen molar-refractivity contribution in [2.24, 2.45) is 7.05 Å². The number of hydrogen-bond acceptors (Lipinski definition) is 4. The Labute approximate surface area is 151 Å². The van der Waals surface area contributed by atoms with Gasteiger partial charge in [0.25, 0.3) is 5.91 Å². The molecule has 6 nitrogen and oxygen atoms in total. The first-order chi connectivity index (χ1) is 12.6. The quantitative estimate of drug-likeness (QED) is 0.770. The molecule has 6 heteroatoms. The van der Waals surface area contributed by atoms with Crippen LogP contribution in [0.3, 0.4) is 0 Å². The molecule has 0 saturated carbocycles. The Hall–Kier alpha value is -3.59. The maximum Gasteiger partial charge on any atom is 0.252 e. The lowest BCUT2D eigenvalue weighted by atomic mass is 10.0. The highest BCUT2D eigenvalue weighted by Gasteiger charge is 2.24. The molecular formula is C20H18N4O2. The summed E-state index contributed by atoms with van der Waals surface area (Å²) in [4.78, 5) is 17.2. The highest BCUT2D eigenvalue weighted by Crippen LogP contribution is 2.29. The van der Waals surface area contributed by atoms with Gasteiger partial charge in [-0.05, 0) is 30.3 Å². The normalized spacial score (nSPS) is 11.4. The van der Waals surface area contributed by atoms with Crippen molar-refractivity contribution >= 4 is 5.91 Å². The van der Waals surface area contributed by atoms with E-state index in [1.54, 1.807) is 37.6 Å². The SMILES string of the molecule is COc1ccccc1[C@H](NC(=O)c1ccc(C#N)cc1)c1nccn1C. The van der Waals surface area contributed by atoms with Crippen LogP contribution in [0.1, 0.15) is 33.4 Å². The third-order valence-electron chi connectivity index (χ3n) is 4.12. The summed E-state index contributed by atoms with van der Waals surface area (Å²) in [5.74, 6) is 1.10. The highest BCUT2D eigenvalue weighted by molar-refractivity contribution is 5.94. The molecule has 3 rings (SSSR count). The molecule has 0 aliphatic heterocycles. The van der Waals surface area contributed by atoms with E-state index in [0.29, 0.717) is 22.7 Å². The standard InChI is InChI=1S/C20H18N4O2/c1-24-12-11-22-19(24)18(16-5-3-4-6-17(16)26-2)23-20(25)15-9-7-14(13-21)8-10-15/h3-12,18H,1-2H3,(H,23,25)/t18-/m0/s1. The number of hydrogen-bond donors (Lipinski definition) is 1. The van der Waals surface area contributed by atoms with E-state index >= 15 is 0 Å². The summed E-state index contributed by atoms with van der Waals surface area (Å²) in [5.41, 5.74) is 1.79. The second-order valence-electron chi connectivity index (χ2n) is 5.73. The van der Waals surface area contributed by atoms with E-state index in [1.807, 2.05) is 48.1 Å². The molecule has 0 fully saturated rings. The van der Waals surface area contributed by atoms with Gasteiger partial charge in [-0.3, -0.25) is 4.79 Å². The number of rotatable bonds is 5. The molecule has 1 N–H and O–H groups in total. The molecule has 0 aliphatic carbocycles. The molecule has 0 aliphatic rings. The number of carbonyl (C=O) groups is 1. The first kappa shape index (κ1) is 17.2. The van der Waals surface area contributed by atoms with Gasteiger partial charge in [-0.2, -0.15) is 5.26 Å². The van der Waals surface area contributed by atoms with Gasteiger partial charge in [0.05, 0.1) is 18.7 Å². The van der Waals surface area contributed by atoms with E-state index in [9.17, 15) is 4.79 Å². The fourth-order valence-corrected chi connectivity index (χ4v) is 2.75. The van der Waals surface area contributed by atoms with Crippen LogP contribution >= 0.6 is 0 Å². The number of carbonyl (C=O) groups excluding carboxylic acids is 1. The summed E-state index contributed by atoms with van der Waals surface area (Å²) in [7, 11) is 3.47. The monoisotopic (exact) mass is 346 g/mol. The molecule has 2 aromatic carbocycles. The fraction of sp³-hybridized carbons (Fsp3) is 0.150. The zero-order chi connectivity index (χ0) is 18.5. The number of ether oxygens (including phenoxy) is 1. The predicted octanol–water partition coefficient (Wildman–Crippen LogP) is 2.82. The maximum atomic E-state index is 12.8. The molecule has 0 spiro atoms. The Morgan fingerprint density at radius 2 is 1.96 bits per heavy atom. The van der Waals surface area contributed by atoms with Crippen molar-refractivity contribution in [2.45, 2.75) is 6.04 Å². The number of benzene rings is 2. The van der Waals surface area contributed by atoms with E-state index in [1.165, 1.54) is 0 Å². The van der Waals surface area contributed by atoms with Gasteiger partial charge in [0.1, 0.15) is 17.6 Å². The summed E-state index contributed by atoms with van der Waals surface area (Å²) in [6, 6.07) is 15.6. The molecule has 0 saturated heterocycles. The number of aryl methyl sites for hydroxylation is 1. The third kappa shape index (κ3) is 3.42. The van der Waals surface area contributed by atoms with Crippen molar-refractivity contribution in [3.63, 3.8) is 0 Å². The van der Waals surface area contributed by atoms with Gasteiger partial charge < -0.3 is 14.6 Å². The summed E-state index contributed by atoms with van der Waals surface area (Å²) >= 11 is 0. The van der Waals surface area contributed by atoms with Crippen molar-refractivity contribution in [2.75, 3.05) is 7.11 Å². The molecule has 1 heterocycles. The number of imidazole rings is 1. The number of nitrogens with zero attached hydrogens (tertiary/aromatic N) is 3. The Balaban J connectivity index is 1.97. The minimum Gasteiger partial charge on any atom is -0.496 e. The summed E-state index contributed by atoms with van der Waals surface area (Å²) in [6.07, 6.45) is 3.51. The number of methoxy groups -OCH3 is 1. The predicted molar refractivity (Wildman–Crippen MR) is 96.7 cm³/mol. The third-order valence-corrected chi connectivity index (χ3v) is 4.12. The van der Waals surface area contributed by atoms with Gasteiger partial charge in [0.15, 0.2) is 0 Å². The molecule has 1 aromatic heterocycles. The molecule has 3 aromatic rings. The molecule has 0 unspecified atom stereocenters. The van der Waals surface area contributed by atoms with Crippen molar-refractivity contribution in [3.05, 3.63) is 83.4 Å². The average Bonchev–Trinajstić information content (AvgIpc) is 3.11. The van der Waals surface area contributed by atoms with Crippen molar-refractivity contribution in [1.29, 1.82) is 5.26 Å². The summed E-state index contributed by atoms with van der Waals surface area (Å²) < 4.78 is 7.31. The zero-order valence-electron chi connectivity index (χ0n) is 14.5. The lowest BCUT2D eigenvalue weighted by Crippen LogP contribution is -2.31. The summed E-state index contributed by atoms with van der Waals surface area (Å²) in [5, 5.41) is 11.9. The average molecular weight is 346 g/mol. The topological polar surface area (TPSA) is 79.9 Å². The van der Waals surface area contributed by atoms with Crippen molar-refractivity contribution in [1.82, 2.24) is 14.9 Å². The van der Waals surface area contributed by atoms with Crippen LogP contribution in [-0.2, 0) is 7.05 Å². The molecule has 1 amide bonds. The van der Waals surface area contributed by atoms with E-state index in [2.05, 4.69) is 10.3 Å². The van der Waals surface area contributed by atoms with Gasteiger partial charge in [0, 0.05) is 30.6 Å². The van der Waals surface area contributed by atoms with Gasteiger partial charge >= 0.3 is 0 Å². The van der Waals surface area contributed by atoms with Crippen LogP contribution in [0.15, 0.2) is 60.9 Å². The number of aromatic nitrogens is 2. The maximum absolute atomic E-state index is 12.8.